The second kappa shape index (κ2) is 8.31. The maximum absolute atomic E-state index is 7.10. The highest BCUT2D eigenvalue weighted by atomic mass is 35.5. The molecule has 0 spiro atoms. The van der Waals surface area contributed by atoms with Gasteiger partial charge in [0.2, 0.25) is 0 Å². The molecule has 0 aliphatic carbocycles. The zero-order valence-corrected chi connectivity index (χ0v) is 8.86. The van der Waals surface area contributed by atoms with Gasteiger partial charge in [0, 0.05) is 43.5 Å². The average molecular weight is 215 g/mol. The predicted molar refractivity (Wildman–Crippen MR) is 61.3 cm³/mol. The van der Waals surface area contributed by atoms with Gasteiger partial charge >= 0.3 is 0 Å². The van der Waals surface area contributed by atoms with Gasteiger partial charge in [-0.1, -0.05) is 11.6 Å². The van der Waals surface area contributed by atoms with E-state index in [9.17, 15) is 0 Å². The summed E-state index contributed by atoms with van der Waals surface area (Å²) in [6, 6.07) is 0. The first-order valence-corrected chi connectivity index (χ1v) is 4.64. The molecule has 78 valence electrons. The lowest BCUT2D eigenvalue weighted by Crippen LogP contribution is -2.14. The highest BCUT2D eigenvalue weighted by Crippen LogP contribution is 1.93. The Kier molecular flexibility index (Phi) is 7.55. The fourth-order valence-corrected chi connectivity index (χ4v) is 0.762. The minimum atomic E-state index is 0.331. The first kappa shape index (κ1) is 12.7. The van der Waals surface area contributed by atoms with E-state index in [2.05, 4.69) is 10.6 Å². The summed E-state index contributed by atoms with van der Waals surface area (Å²) in [7, 11) is 0. The number of halogens is 1. The molecule has 0 aliphatic heterocycles. The predicted octanol–water partition coefficient (Wildman–Crippen LogP) is 1.45. The number of nitrogens with one attached hydrogen (secondary N) is 4. The summed E-state index contributed by atoms with van der Waals surface area (Å²) in [4.78, 5) is 0. The molecule has 0 heterocycles. The topological polar surface area (TPSA) is 71.8 Å². The van der Waals surface area contributed by atoms with Gasteiger partial charge in [0.1, 0.15) is 0 Å². The van der Waals surface area contributed by atoms with Crippen LogP contribution in [0.5, 0.6) is 0 Å². The van der Waals surface area contributed by atoms with Crippen molar-refractivity contribution in [3.05, 3.63) is 23.0 Å². The Bertz CT molecular complexity index is 245. The lowest BCUT2D eigenvalue weighted by Gasteiger charge is -2.02. The molecule has 0 rings (SSSR count). The Morgan fingerprint density at radius 2 is 1.93 bits per heavy atom. The van der Waals surface area contributed by atoms with Gasteiger partial charge in [-0.2, -0.15) is 0 Å². The molecule has 4 nitrogen and oxygen atoms in total. The second-order valence-electron chi connectivity index (χ2n) is 2.48. The molecular formula is C9H15ClN4. The lowest BCUT2D eigenvalue weighted by atomic mass is 10.3. The smallest absolute Gasteiger partial charge is 0.0738 e. The minimum Gasteiger partial charge on any atom is -0.391 e. The summed E-state index contributed by atoms with van der Waals surface area (Å²) in [5, 5.41) is 20.1. The molecule has 5 heteroatoms. The van der Waals surface area contributed by atoms with Crippen LogP contribution in [0.3, 0.4) is 0 Å². The van der Waals surface area contributed by atoms with Crippen LogP contribution in [0.4, 0.5) is 0 Å². The van der Waals surface area contributed by atoms with Crippen LogP contribution >= 0.6 is 11.6 Å². The van der Waals surface area contributed by atoms with Gasteiger partial charge in [-0.15, -0.1) is 0 Å². The fourth-order valence-electron chi connectivity index (χ4n) is 0.685. The lowest BCUT2D eigenvalue weighted by molar-refractivity contribution is 0.890. The maximum atomic E-state index is 7.10. The van der Waals surface area contributed by atoms with Crippen molar-refractivity contribution < 1.29 is 0 Å². The third-order valence-corrected chi connectivity index (χ3v) is 1.58. The highest BCUT2D eigenvalue weighted by molar-refractivity contribution is 6.38. The van der Waals surface area contributed by atoms with Gasteiger partial charge in [0.05, 0.1) is 5.03 Å². The number of rotatable bonds is 7. The molecule has 0 unspecified atom stereocenters. The third-order valence-electron chi connectivity index (χ3n) is 1.36. The Labute approximate surface area is 89.1 Å². The van der Waals surface area contributed by atoms with Crippen molar-refractivity contribution in [2.24, 2.45) is 0 Å². The van der Waals surface area contributed by atoms with Gasteiger partial charge in [-0.25, -0.2) is 0 Å². The summed E-state index contributed by atoms with van der Waals surface area (Å²) in [6.07, 6.45) is 5.61. The summed E-state index contributed by atoms with van der Waals surface area (Å²) >= 11 is 5.56. The van der Waals surface area contributed by atoms with Crippen LogP contribution < -0.4 is 10.6 Å². The Hall–Kier alpha value is -1.29. The van der Waals surface area contributed by atoms with E-state index in [0.717, 1.165) is 18.3 Å². The van der Waals surface area contributed by atoms with Crippen LogP contribution in [-0.4, -0.2) is 25.5 Å². The van der Waals surface area contributed by atoms with Gasteiger partial charge in [0.15, 0.2) is 0 Å². The zero-order valence-electron chi connectivity index (χ0n) is 8.10. The molecule has 0 saturated carbocycles. The quantitative estimate of drug-likeness (QED) is 0.485. The summed E-state index contributed by atoms with van der Waals surface area (Å²) < 4.78 is 0. The SMILES string of the molecule is CCN/C=C(\C=N)CN/C=C(/Cl)C=N. The molecule has 0 amide bonds. The van der Waals surface area contributed by atoms with E-state index in [1.807, 2.05) is 6.92 Å². The normalized spacial score (nSPS) is 12.1. The highest BCUT2D eigenvalue weighted by Gasteiger charge is 1.90. The molecule has 0 atom stereocenters. The standard InChI is InChI=1S/C9H15ClN4/c1-2-13-5-8(3-11)6-14-7-9(10)4-12/h3-5,7,11-14H,2,6H2,1H3/b8-5+,9-7+,11-3?,12-4?. The fraction of sp³-hybridized carbons (Fsp3) is 0.333. The minimum absolute atomic E-state index is 0.331. The largest absolute Gasteiger partial charge is 0.391 e. The summed E-state index contributed by atoms with van der Waals surface area (Å²) in [5.74, 6) is 0. The molecule has 4 N–H and O–H groups in total. The molecule has 0 aromatic heterocycles. The molecule has 0 aromatic carbocycles. The van der Waals surface area contributed by atoms with E-state index >= 15 is 0 Å². The van der Waals surface area contributed by atoms with Crippen molar-refractivity contribution in [3.63, 3.8) is 0 Å². The van der Waals surface area contributed by atoms with Crippen LogP contribution in [-0.2, 0) is 0 Å². The number of hydrogen-bond acceptors (Lipinski definition) is 4. The molecular weight excluding hydrogens is 200 g/mol. The van der Waals surface area contributed by atoms with Crippen LogP contribution in [0, 0.1) is 10.8 Å². The monoisotopic (exact) mass is 214 g/mol. The van der Waals surface area contributed by atoms with Crippen LogP contribution in [0.15, 0.2) is 23.0 Å². The van der Waals surface area contributed by atoms with Crippen molar-refractivity contribution in [1.82, 2.24) is 10.6 Å². The van der Waals surface area contributed by atoms with Crippen LogP contribution in [0.2, 0.25) is 0 Å². The van der Waals surface area contributed by atoms with Crippen molar-refractivity contribution >= 4 is 24.0 Å². The van der Waals surface area contributed by atoms with E-state index in [-0.39, 0.29) is 0 Å². The molecule has 0 saturated heterocycles. The molecule has 0 bridgehead atoms. The average Bonchev–Trinajstić information content (AvgIpc) is 2.22. The molecule has 0 radical (unpaired) electrons. The van der Waals surface area contributed by atoms with Gasteiger partial charge in [-0.05, 0) is 6.92 Å². The van der Waals surface area contributed by atoms with Crippen molar-refractivity contribution in [3.8, 4) is 0 Å². The zero-order chi connectivity index (χ0) is 10.8. The van der Waals surface area contributed by atoms with Gasteiger partial charge in [-0.3, -0.25) is 0 Å². The molecule has 0 fully saturated rings. The van der Waals surface area contributed by atoms with Crippen molar-refractivity contribution in [1.29, 1.82) is 10.8 Å². The van der Waals surface area contributed by atoms with Gasteiger partial charge in [0.25, 0.3) is 0 Å². The Balaban J connectivity index is 3.96. The van der Waals surface area contributed by atoms with Gasteiger partial charge < -0.3 is 21.5 Å². The Morgan fingerprint density at radius 3 is 2.43 bits per heavy atom. The third kappa shape index (κ3) is 6.25. The maximum Gasteiger partial charge on any atom is 0.0738 e. The number of allylic oxidation sites excluding steroid dienone is 1. The first-order valence-electron chi connectivity index (χ1n) is 4.27. The Morgan fingerprint density at radius 1 is 1.21 bits per heavy atom. The molecule has 14 heavy (non-hydrogen) atoms. The molecule has 0 aliphatic rings. The summed E-state index contributed by atoms with van der Waals surface area (Å²) in [5.41, 5.74) is 0.817. The van der Waals surface area contributed by atoms with Crippen molar-refractivity contribution in [2.45, 2.75) is 6.92 Å². The second-order valence-corrected chi connectivity index (χ2v) is 2.91. The van der Waals surface area contributed by atoms with E-state index in [4.69, 9.17) is 22.4 Å². The van der Waals surface area contributed by atoms with Crippen LogP contribution in [0.25, 0.3) is 0 Å². The van der Waals surface area contributed by atoms with E-state index in [0.29, 0.717) is 11.6 Å². The van der Waals surface area contributed by atoms with E-state index < -0.39 is 0 Å². The summed E-state index contributed by atoms with van der Waals surface area (Å²) in [6.45, 7) is 3.33. The van der Waals surface area contributed by atoms with Crippen LogP contribution in [0.1, 0.15) is 6.92 Å². The van der Waals surface area contributed by atoms with Crippen molar-refractivity contribution in [2.75, 3.05) is 13.1 Å². The number of hydrogen-bond donors (Lipinski definition) is 4. The van der Waals surface area contributed by atoms with E-state index in [1.165, 1.54) is 12.4 Å². The first-order chi connectivity index (χ1) is 6.74. The van der Waals surface area contributed by atoms with E-state index in [1.54, 1.807) is 6.20 Å². The molecule has 0 aromatic rings.